The molecule has 0 atom stereocenters. The maximum Gasteiger partial charge on any atom is 0.339 e. The van der Waals surface area contributed by atoms with E-state index in [1.165, 1.54) is 7.11 Å². The van der Waals surface area contributed by atoms with Gasteiger partial charge in [0.15, 0.2) is 0 Å². The van der Waals surface area contributed by atoms with Gasteiger partial charge in [-0.15, -0.1) is 0 Å². The lowest BCUT2D eigenvalue weighted by Crippen LogP contribution is -2.05. The van der Waals surface area contributed by atoms with Gasteiger partial charge in [-0.3, -0.25) is 4.98 Å². The highest BCUT2D eigenvalue weighted by molar-refractivity contribution is 5.96. The Morgan fingerprint density at radius 3 is 2.59 bits per heavy atom. The number of carbonyl (C=O) groups excluding carboxylic acids is 1. The molecule has 2 aromatic rings. The third kappa shape index (κ3) is 2.60. The van der Waals surface area contributed by atoms with E-state index in [-0.39, 0.29) is 5.97 Å². The van der Waals surface area contributed by atoms with Crippen molar-refractivity contribution < 1.29 is 9.53 Å². The normalized spacial score (nSPS) is 9.71. The van der Waals surface area contributed by atoms with Crippen LogP contribution in [0.1, 0.15) is 10.4 Å². The molecule has 1 aromatic carbocycles. The fourth-order valence-electron chi connectivity index (χ4n) is 1.47. The number of ether oxygens (including phenoxy) is 1. The van der Waals surface area contributed by atoms with Gasteiger partial charge in [-0.25, -0.2) is 4.79 Å². The second-order valence-corrected chi connectivity index (χ2v) is 3.40. The van der Waals surface area contributed by atoms with Gasteiger partial charge in [-0.05, 0) is 24.3 Å². The predicted molar refractivity (Wildman–Crippen MR) is 65.3 cm³/mol. The number of hydrogen-bond acceptors (Lipinski definition) is 4. The summed E-state index contributed by atoms with van der Waals surface area (Å²) in [4.78, 5) is 15.5. The number of nitrogens with one attached hydrogen (secondary N) is 1. The van der Waals surface area contributed by atoms with E-state index < -0.39 is 0 Å². The van der Waals surface area contributed by atoms with Crippen molar-refractivity contribution in [2.24, 2.45) is 0 Å². The maximum atomic E-state index is 11.5. The van der Waals surface area contributed by atoms with Gasteiger partial charge < -0.3 is 10.1 Å². The third-order valence-corrected chi connectivity index (χ3v) is 2.29. The Labute approximate surface area is 99.3 Å². The molecular formula is C13H12N2O2. The first kappa shape index (κ1) is 11.1. The zero-order valence-corrected chi connectivity index (χ0v) is 9.38. The number of anilines is 2. The molecule has 0 saturated carbocycles. The smallest absolute Gasteiger partial charge is 0.339 e. The Balaban J connectivity index is 2.30. The van der Waals surface area contributed by atoms with E-state index >= 15 is 0 Å². The van der Waals surface area contributed by atoms with Crippen LogP contribution < -0.4 is 5.32 Å². The van der Waals surface area contributed by atoms with E-state index in [2.05, 4.69) is 10.3 Å². The fraction of sp³-hybridized carbons (Fsp3) is 0.0769. The molecule has 0 aliphatic carbocycles. The summed E-state index contributed by atoms with van der Waals surface area (Å²) in [6.07, 6.45) is 3.37. The summed E-state index contributed by atoms with van der Waals surface area (Å²) in [5, 5.41) is 3.15. The van der Waals surface area contributed by atoms with E-state index in [9.17, 15) is 4.79 Å². The summed E-state index contributed by atoms with van der Waals surface area (Å²) in [5.74, 6) is -0.359. The largest absolute Gasteiger partial charge is 0.465 e. The van der Waals surface area contributed by atoms with Gasteiger partial charge in [0.25, 0.3) is 0 Å². The van der Waals surface area contributed by atoms with Crippen molar-refractivity contribution in [3.63, 3.8) is 0 Å². The maximum absolute atomic E-state index is 11.5. The first-order chi connectivity index (χ1) is 8.31. The summed E-state index contributed by atoms with van der Waals surface area (Å²) in [5.41, 5.74) is 2.09. The van der Waals surface area contributed by atoms with Crippen LogP contribution in [0.25, 0.3) is 0 Å². The summed E-state index contributed by atoms with van der Waals surface area (Å²) < 4.78 is 4.72. The molecule has 0 fully saturated rings. The van der Waals surface area contributed by atoms with Crippen LogP contribution in [-0.4, -0.2) is 18.1 Å². The number of esters is 1. The fourth-order valence-corrected chi connectivity index (χ4v) is 1.47. The van der Waals surface area contributed by atoms with Crippen LogP contribution in [0.4, 0.5) is 11.4 Å². The number of benzene rings is 1. The summed E-state index contributed by atoms with van der Waals surface area (Å²) in [6.45, 7) is 0. The number of para-hydroxylation sites is 1. The van der Waals surface area contributed by atoms with Crippen LogP contribution in [-0.2, 0) is 4.74 Å². The van der Waals surface area contributed by atoms with Gasteiger partial charge in [0.1, 0.15) is 0 Å². The van der Waals surface area contributed by atoms with E-state index in [1.54, 1.807) is 24.5 Å². The highest BCUT2D eigenvalue weighted by atomic mass is 16.5. The monoisotopic (exact) mass is 228 g/mol. The van der Waals surface area contributed by atoms with Crippen molar-refractivity contribution in [3.8, 4) is 0 Å². The molecule has 0 radical (unpaired) electrons. The van der Waals surface area contributed by atoms with Crippen LogP contribution in [0, 0.1) is 0 Å². The number of hydrogen-bond donors (Lipinski definition) is 1. The third-order valence-electron chi connectivity index (χ3n) is 2.29. The van der Waals surface area contributed by atoms with Crippen LogP contribution >= 0.6 is 0 Å². The molecule has 0 bridgehead atoms. The number of carbonyl (C=O) groups is 1. The Kier molecular flexibility index (Phi) is 3.35. The van der Waals surface area contributed by atoms with Crippen molar-refractivity contribution in [1.29, 1.82) is 0 Å². The van der Waals surface area contributed by atoms with E-state index in [0.717, 1.165) is 5.69 Å². The number of pyridine rings is 1. The van der Waals surface area contributed by atoms with Crippen LogP contribution in [0.2, 0.25) is 0 Å². The number of methoxy groups -OCH3 is 1. The first-order valence-corrected chi connectivity index (χ1v) is 5.15. The van der Waals surface area contributed by atoms with Gasteiger partial charge in [0.2, 0.25) is 0 Å². The van der Waals surface area contributed by atoms with Crippen molar-refractivity contribution >= 4 is 17.3 Å². The standard InChI is InChI=1S/C13H12N2O2/c1-17-13(16)11-4-2-3-5-12(11)15-10-6-8-14-9-7-10/h2-9H,1H3,(H,14,15). The topological polar surface area (TPSA) is 51.2 Å². The molecule has 0 aliphatic heterocycles. The molecule has 17 heavy (non-hydrogen) atoms. The Bertz CT molecular complexity index is 512. The number of aromatic nitrogens is 1. The zero-order chi connectivity index (χ0) is 12.1. The molecular weight excluding hydrogens is 216 g/mol. The molecule has 86 valence electrons. The minimum absolute atomic E-state index is 0.359. The van der Waals surface area contributed by atoms with Crippen molar-refractivity contribution in [1.82, 2.24) is 4.98 Å². The molecule has 0 amide bonds. The molecule has 4 nitrogen and oxygen atoms in total. The van der Waals surface area contributed by atoms with Crippen molar-refractivity contribution in [2.75, 3.05) is 12.4 Å². The SMILES string of the molecule is COC(=O)c1ccccc1Nc1ccncc1. The average molecular weight is 228 g/mol. The molecule has 2 rings (SSSR count). The molecule has 1 N–H and O–H groups in total. The highest BCUT2D eigenvalue weighted by Crippen LogP contribution is 2.20. The molecule has 0 aliphatic rings. The minimum Gasteiger partial charge on any atom is -0.465 e. The molecule has 0 spiro atoms. The van der Waals surface area contributed by atoms with E-state index in [1.807, 2.05) is 24.3 Å². The summed E-state index contributed by atoms with van der Waals surface area (Å²) in [6, 6.07) is 10.9. The van der Waals surface area contributed by atoms with Crippen molar-refractivity contribution in [3.05, 3.63) is 54.4 Å². The zero-order valence-electron chi connectivity index (χ0n) is 9.38. The molecule has 4 heteroatoms. The minimum atomic E-state index is -0.359. The summed E-state index contributed by atoms with van der Waals surface area (Å²) >= 11 is 0. The van der Waals surface area contributed by atoms with Gasteiger partial charge in [-0.2, -0.15) is 0 Å². The van der Waals surface area contributed by atoms with E-state index in [0.29, 0.717) is 11.3 Å². The molecule has 0 unspecified atom stereocenters. The lowest BCUT2D eigenvalue weighted by molar-refractivity contribution is 0.0602. The average Bonchev–Trinajstić information content (AvgIpc) is 2.40. The summed E-state index contributed by atoms with van der Waals surface area (Å²) in [7, 11) is 1.37. The van der Waals surface area contributed by atoms with E-state index in [4.69, 9.17) is 4.74 Å². The van der Waals surface area contributed by atoms with Crippen LogP contribution in [0.15, 0.2) is 48.8 Å². The lowest BCUT2D eigenvalue weighted by atomic mass is 10.1. The molecule has 1 heterocycles. The van der Waals surface area contributed by atoms with Gasteiger partial charge >= 0.3 is 5.97 Å². The lowest BCUT2D eigenvalue weighted by Gasteiger charge is -2.10. The second kappa shape index (κ2) is 5.12. The Morgan fingerprint density at radius 2 is 1.88 bits per heavy atom. The van der Waals surface area contributed by atoms with Gasteiger partial charge in [0, 0.05) is 18.1 Å². The quantitative estimate of drug-likeness (QED) is 0.820. The highest BCUT2D eigenvalue weighted by Gasteiger charge is 2.10. The Morgan fingerprint density at radius 1 is 1.18 bits per heavy atom. The van der Waals surface area contributed by atoms with Gasteiger partial charge in [0.05, 0.1) is 18.4 Å². The van der Waals surface area contributed by atoms with Crippen LogP contribution in [0.3, 0.4) is 0 Å². The van der Waals surface area contributed by atoms with Gasteiger partial charge in [-0.1, -0.05) is 12.1 Å². The Hall–Kier alpha value is -2.36. The van der Waals surface area contributed by atoms with Crippen molar-refractivity contribution in [2.45, 2.75) is 0 Å². The first-order valence-electron chi connectivity index (χ1n) is 5.15. The molecule has 0 saturated heterocycles. The van der Waals surface area contributed by atoms with Crippen LogP contribution in [0.5, 0.6) is 0 Å². The number of rotatable bonds is 3. The second-order valence-electron chi connectivity index (χ2n) is 3.40. The predicted octanol–water partition coefficient (Wildman–Crippen LogP) is 2.61. The number of nitrogens with zero attached hydrogens (tertiary/aromatic N) is 1. The molecule has 1 aromatic heterocycles.